The summed E-state index contributed by atoms with van der Waals surface area (Å²) < 4.78 is 2.07. The fourth-order valence-electron chi connectivity index (χ4n) is 2.88. The number of carboxylic acid groups (broad SMARTS) is 1. The topological polar surface area (TPSA) is 94.7 Å². The van der Waals surface area contributed by atoms with Gasteiger partial charge in [-0.3, -0.25) is 9.36 Å². The third kappa shape index (κ3) is 3.26. The summed E-state index contributed by atoms with van der Waals surface area (Å²) in [6.07, 6.45) is 0.246. The van der Waals surface area contributed by atoms with Crippen LogP contribution in [0.25, 0.3) is 5.57 Å². The Bertz CT molecular complexity index is 1100. The van der Waals surface area contributed by atoms with Gasteiger partial charge < -0.3 is 15.0 Å². The summed E-state index contributed by atoms with van der Waals surface area (Å²) in [7, 11) is 0. The first-order valence-electron chi connectivity index (χ1n) is 7.79. The zero-order valence-corrected chi connectivity index (χ0v) is 17.1. The number of carbonyl (C=O) groups excluding carboxylic acids is 2. The molecule has 0 saturated carbocycles. The highest BCUT2D eigenvalue weighted by molar-refractivity contribution is 9.10. The van der Waals surface area contributed by atoms with Crippen LogP contribution in [0.5, 0.6) is 5.88 Å². The lowest BCUT2D eigenvalue weighted by molar-refractivity contribution is -0.311. The van der Waals surface area contributed by atoms with Crippen molar-refractivity contribution in [3.63, 3.8) is 0 Å². The fraction of sp³-hybridized carbons (Fsp3) is 0.294. The molecule has 1 aromatic carbocycles. The average molecular weight is 454 g/mol. The van der Waals surface area contributed by atoms with E-state index in [0.717, 1.165) is 20.4 Å². The summed E-state index contributed by atoms with van der Waals surface area (Å²) in [4.78, 5) is 28.2. The van der Waals surface area contributed by atoms with E-state index in [2.05, 4.69) is 20.9 Å². The molecule has 0 saturated heterocycles. The van der Waals surface area contributed by atoms with Crippen molar-refractivity contribution >= 4 is 56.9 Å². The minimum Gasteiger partial charge on any atom is -0.548 e. The van der Waals surface area contributed by atoms with Gasteiger partial charge in [0, 0.05) is 9.69 Å². The van der Waals surface area contributed by atoms with Crippen LogP contribution in [0.3, 0.4) is 0 Å². The average Bonchev–Trinajstić information content (AvgIpc) is 3.00. The Labute approximate surface area is 166 Å². The van der Waals surface area contributed by atoms with Crippen LogP contribution < -0.4 is 15.7 Å². The predicted molar refractivity (Wildman–Crippen MR) is 101 cm³/mol. The van der Waals surface area contributed by atoms with Crippen molar-refractivity contribution in [2.24, 2.45) is 10.9 Å². The van der Waals surface area contributed by atoms with Gasteiger partial charge in [-0.1, -0.05) is 29.8 Å². The second-order valence-corrected chi connectivity index (χ2v) is 8.87. The SMILES string of the molecule is CC(C)C[C@@H](C(=O)[O-])n1c(O)c(C2=c3cc(Br)ccc3=NC2=O)sc1=S. The number of benzene rings is 1. The lowest BCUT2D eigenvalue weighted by Gasteiger charge is -2.22. The zero-order chi connectivity index (χ0) is 19.2. The van der Waals surface area contributed by atoms with Gasteiger partial charge in [0.2, 0.25) is 5.88 Å². The number of hydrogen-bond donors (Lipinski definition) is 1. The van der Waals surface area contributed by atoms with E-state index in [0.29, 0.717) is 10.6 Å². The molecular weight excluding hydrogens is 440 g/mol. The Kier molecular flexibility index (Phi) is 5.14. The molecule has 0 fully saturated rings. The van der Waals surface area contributed by atoms with Gasteiger partial charge in [-0.05, 0) is 42.8 Å². The summed E-state index contributed by atoms with van der Waals surface area (Å²) >= 11 is 9.62. The Balaban J connectivity index is 2.26. The predicted octanol–water partition coefficient (Wildman–Crippen LogP) is 1.44. The van der Waals surface area contributed by atoms with E-state index in [1.54, 1.807) is 18.2 Å². The summed E-state index contributed by atoms with van der Waals surface area (Å²) in [5.74, 6) is -2.12. The summed E-state index contributed by atoms with van der Waals surface area (Å²) in [5, 5.41) is 23.4. The molecule has 0 aliphatic carbocycles. The van der Waals surface area contributed by atoms with Crippen molar-refractivity contribution in [1.29, 1.82) is 0 Å². The van der Waals surface area contributed by atoms with Crippen LogP contribution in [0.2, 0.25) is 0 Å². The van der Waals surface area contributed by atoms with E-state index >= 15 is 0 Å². The van der Waals surface area contributed by atoms with E-state index in [1.165, 1.54) is 0 Å². The third-order valence-corrected chi connectivity index (χ3v) is 5.89. The first-order valence-corrected chi connectivity index (χ1v) is 9.81. The van der Waals surface area contributed by atoms with Crippen LogP contribution in [-0.4, -0.2) is 21.6 Å². The van der Waals surface area contributed by atoms with Crippen molar-refractivity contribution in [2.75, 3.05) is 0 Å². The Hall–Kier alpha value is -1.84. The molecular formula is C17H14BrN2O4S2-. The number of halogens is 1. The molecule has 0 bridgehead atoms. The summed E-state index contributed by atoms with van der Waals surface area (Å²) in [6.45, 7) is 3.73. The van der Waals surface area contributed by atoms with Crippen molar-refractivity contribution in [1.82, 2.24) is 4.57 Å². The van der Waals surface area contributed by atoms with Crippen LogP contribution in [0.1, 0.15) is 31.2 Å². The lowest BCUT2D eigenvalue weighted by atomic mass is 10.0. The minimum absolute atomic E-state index is 0.0509. The molecule has 0 spiro atoms. The molecule has 2 aromatic rings. The quantitative estimate of drug-likeness (QED) is 0.691. The molecule has 1 amide bonds. The van der Waals surface area contributed by atoms with Crippen LogP contribution in [0.15, 0.2) is 27.7 Å². The van der Waals surface area contributed by atoms with E-state index in [1.807, 2.05) is 13.8 Å². The number of thiazole rings is 1. The standard InChI is InChI=1S/C17H15BrN2O4S2/c1-7(2)5-11(16(23)24)20-15(22)13(26-17(20)25)12-9-6-8(18)3-4-10(9)19-14(12)21/h3-4,6-7,11,22H,5H2,1-2H3,(H,23,24)/p-1/t11-/m0/s1. The van der Waals surface area contributed by atoms with Crippen molar-refractivity contribution in [3.8, 4) is 5.88 Å². The molecule has 0 unspecified atom stereocenters. The summed E-state index contributed by atoms with van der Waals surface area (Å²) in [6, 6.07) is 4.08. The number of hydrogen-bond acceptors (Lipinski definition) is 6. The molecule has 136 valence electrons. The number of fused-ring (bicyclic) bond motifs is 1. The highest BCUT2D eigenvalue weighted by Crippen LogP contribution is 2.36. The van der Waals surface area contributed by atoms with Crippen LogP contribution in [-0.2, 0) is 9.59 Å². The molecule has 1 N–H and O–H groups in total. The summed E-state index contributed by atoms with van der Waals surface area (Å²) in [5.41, 5.74) is 0.218. The number of aliphatic carboxylic acids is 1. The maximum atomic E-state index is 12.4. The largest absolute Gasteiger partial charge is 0.548 e. The van der Waals surface area contributed by atoms with E-state index < -0.39 is 17.9 Å². The second-order valence-electron chi connectivity index (χ2n) is 6.31. The molecule has 1 aliphatic rings. The van der Waals surface area contributed by atoms with Crippen LogP contribution in [0, 0.1) is 9.87 Å². The maximum absolute atomic E-state index is 12.4. The van der Waals surface area contributed by atoms with Gasteiger partial charge in [0.25, 0.3) is 5.91 Å². The highest BCUT2D eigenvalue weighted by atomic mass is 79.9. The van der Waals surface area contributed by atoms with E-state index in [4.69, 9.17) is 12.2 Å². The Morgan fingerprint density at radius 2 is 2.15 bits per heavy atom. The maximum Gasteiger partial charge on any atom is 0.279 e. The number of rotatable bonds is 5. The molecule has 6 nitrogen and oxygen atoms in total. The molecule has 2 heterocycles. The first kappa shape index (κ1) is 18.9. The highest BCUT2D eigenvalue weighted by Gasteiger charge is 2.28. The number of aromatic nitrogens is 1. The van der Waals surface area contributed by atoms with Gasteiger partial charge in [0.05, 0.1) is 22.9 Å². The van der Waals surface area contributed by atoms with E-state index in [9.17, 15) is 19.8 Å². The molecule has 1 atom stereocenters. The molecule has 0 radical (unpaired) electrons. The van der Waals surface area contributed by atoms with E-state index in [-0.39, 0.29) is 32.6 Å². The number of aromatic hydroxyl groups is 1. The third-order valence-electron chi connectivity index (χ3n) is 3.99. The van der Waals surface area contributed by atoms with Gasteiger partial charge in [-0.25, -0.2) is 4.99 Å². The molecule has 3 rings (SSSR count). The second kappa shape index (κ2) is 7.05. The number of nitrogens with zero attached hydrogens (tertiary/aromatic N) is 2. The van der Waals surface area contributed by atoms with Crippen molar-refractivity contribution in [2.45, 2.75) is 26.3 Å². The number of carbonyl (C=O) groups is 2. The van der Waals surface area contributed by atoms with Crippen molar-refractivity contribution < 1.29 is 19.8 Å². The fourth-order valence-corrected chi connectivity index (χ4v) is 4.68. The zero-order valence-electron chi connectivity index (χ0n) is 13.9. The smallest absolute Gasteiger partial charge is 0.279 e. The number of amides is 1. The molecule has 1 aromatic heterocycles. The Morgan fingerprint density at radius 3 is 2.77 bits per heavy atom. The molecule has 26 heavy (non-hydrogen) atoms. The first-order chi connectivity index (χ1) is 12.2. The van der Waals surface area contributed by atoms with Crippen molar-refractivity contribution in [3.05, 3.63) is 42.1 Å². The Morgan fingerprint density at radius 1 is 1.46 bits per heavy atom. The monoisotopic (exact) mass is 453 g/mol. The molecule has 1 aliphatic heterocycles. The van der Waals surface area contributed by atoms with Gasteiger partial charge in [-0.15, -0.1) is 11.3 Å². The van der Waals surface area contributed by atoms with Crippen LogP contribution in [0.4, 0.5) is 0 Å². The molecule has 9 heteroatoms. The normalized spacial score (nSPS) is 14.5. The van der Waals surface area contributed by atoms with Crippen LogP contribution >= 0.6 is 39.5 Å². The minimum atomic E-state index is -1.33. The lowest BCUT2D eigenvalue weighted by Crippen LogP contribution is -2.34. The van der Waals surface area contributed by atoms with Gasteiger partial charge >= 0.3 is 0 Å². The van der Waals surface area contributed by atoms with Gasteiger partial charge in [-0.2, -0.15) is 0 Å². The number of carboxylic acids is 1. The van der Waals surface area contributed by atoms with Gasteiger partial charge in [0.15, 0.2) is 3.95 Å². The van der Waals surface area contributed by atoms with Gasteiger partial charge in [0.1, 0.15) is 4.88 Å².